The van der Waals surface area contributed by atoms with E-state index in [0.29, 0.717) is 30.9 Å². The number of hydrogen-bond acceptors (Lipinski definition) is 6. The lowest BCUT2D eigenvalue weighted by Crippen LogP contribution is -2.62. The zero-order valence-corrected chi connectivity index (χ0v) is 27.7. The van der Waals surface area contributed by atoms with Crippen molar-refractivity contribution in [3.63, 3.8) is 0 Å². The molecule has 3 heterocycles. The molecule has 43 heavy (non-hydrogen) atoms. The number of nitrogens with one attached hydrogen (secondary N) is 2. The quantitative estimate of drug-likeness (QED) is 0.337. The molecule has 0 aliphatic carbocycles. The third-order valence-corrected chi connectivity index (χ3v) is 10.00. The molecule has 3 amide bonds. The van der Waals surface area contributed by atoms with Gasteiger partial charge in [-0.3, -0.25) is 14.4 Å². The van der Waals surface area contributed by atoms with Crippen molar-refractivity contribution in [2.24, 2.45) is 29.1 Å². The highest BCUT2D eigenvalue weighted by molar-refractivity contribution is 6.02. The van der Waals surface area contributed by atoms with Gasteiger partial charge in [-0.05, 0) is 82.1 Å². The van der Waals surface area contributed by atoms with Crippen LogP contribution in [0.4, 0.5) is 5.69 Å². The third kappa shape index (κ3) is 5.91. The van der Waals surface area contributed by atoms with Crippen LogP contribution in [0.2, 0.25) is 0 Å². The van der Waals surface area contributed by atoms with Gasteiger partial charge in [-0.1, -0.05) is 48.0 Å². The number of ether oxygens (including phenoxy) is 2. The van der Waals surface area contributed by atoms with Crippen molar-refractivity contribution in [1.29, 1.82) is 0 Å². The van der Waals surface area contributed by atoms with Crippen LogP contribution in [0.3, 0.4) is 0 Å². The van der Waals surface area contributed by atoms with E-state index in [1.165, 1.54) is 0 Å². The molecule has 1 aromatic carbocycles. The first-order valence-electron chi connectivity index (χ1n) is 15.9. The van der Waals surface area contributed by atoms with E-state index in [2.05, 4.69) is 31.4 Å². The van der Waals surface area contributed by atoms with E-state index < -0.39 is 40.7 Å². The van der Waals surface area contributed by atoms with E-state index in [4.69, 9.17) is 9.47 Å². The predicted molar refractivity (Wildman–Crippen MR) is 166 cm³/mol. The number of aliphatic hydroxyl groups excluding tert-OH is 1. The van der Waals surface area contributed by atoms with Gasteiger partial charge in [0.2, 0.25) is 17.7 Å². The van der Waals surface area contributed by atoms with E-state index in [1.54, 1.807) is 29.2 Å². The molecule has 9 heteroatoms. The van der Waals surface area contributed by atoms with Crippen LogP contribution < -0.4 is 15.4 Å². The Morgan fingerprint density at radius 1 is 1.14 bits per heavy atom. The Kier molecular flexibility index (Phi) is 9.04. The average molecular weight is 600 g/mol. The van der Waals surface area contributed by atoms with Crippen molar-refractivity contribution in [3.05, 3.63) is 24.3 Å². The molecule has 3 N–H and O–H groups in total. The van der Waals surface area contributed by atoms with Crippen molar-refractivity contribution in [2.75, 3.05) is 18.5 Å². The van der Waals surface area contributed by atoms with Crippen LogP contribution in [0.1, 0.15) is 88.5 Å². The molecule has 0 aromatic heterocycles. The van der Waals surface area contributed by atoms with Crippen LogP contribution in [0.25, 0.3) is 0 Å². The summed E-state index contributed by atoms with van der Waals surface area (Å²) in [6.07, 6.45) is 1.91. The van der Waals surface area contributed by atoms with Gasteiger partial charge in [-0.2, -0.15) is 0 Å². The van der Waals surface area contributed by atoms with Crippen LogP contribution in [-0.2, 0) is 19.1 Å². The Labute approximate surface area is 257 Å². The molecule has 3 unspecified atom stereocenters. The standard InChI is InChI=1S/C34H53N3O6/c1-11-20(3)24(18-38)37-27(29(40)36-32(8,9)19-31(5,6)7)34-17-21(4)33(10,43-34)25(26(34)30(37)41)28(39)35-22-13-15-23(16-14-22)42-12-2/h13-16,20-21,24-27,38H,11-12,17-19H2,1-10H3,(H,35,39)(H,36,40)/t20-,21?,24-,25+,26-,27?,33-,34?/m0/s1. The number of fused-ring (bicyclic) bond motifs is 1. The summed E-state index contributed by atoms with van der Waals surface area (Å²) in [5, 5.41) is 16.9. The SMILES string of the molecule is CCOc1ccc(NC(=O)[C@H]2[C@H]3C(=O)N([C@@H](CO)[C@@H](C)CC)C(C(=O)NC(C)(C)CC(C)(C)C)C34CC(C)[C@]2(C)O4)cc1. The molecular weight excluding hydrogens is 546 g/mol. The highest BCUT2D eigenvalue weighted by Crippen LogP contribution is 2.65. The minimum atomic E-state index is -1.19. The third-order valence-electron chi connectivity index (χ3n) is 10.00. The summed E-state index contributed by atoms with van der Waals surface area (Å²) in [6.45, 7) is 20.5. The van der Waals surface area contributed by atoms with Gasteiger partial charge in [-0.25, -0.2) is 0 Å². The van der Waals surface area contributed by atoms with Crippen molar-refractivity contribution in [3.8, 4) is 5.75 Å². The molecule has 0 saturated carbocycles. The Morgan fingerprint density at radius 2 is 1.77 bits per heavy atom. The number of amides is 3. The number of hydrogen-bond donors (Lipinski definition) is 3. The number of anilines is 1. The van der Waals surface area contributed by atoms with Gasteiger partial charge < -0.3 is 30.1 Å². The van der Waals surface area contributed by atoms with Gasteiger partial charge >= 0.3 is 0 Å². The molecule has 240 valence electrons. The van der Waals surface area contributed by atoms with Crippen LogP contribution >= 0.6 is 0 Å². The van der Waals surface area contributed by atoms with Crippen molar-refractivity contribution < 1.29 is 29.0 Å². The largest absolute Gasteiger partial charge is 0.494 e. The lowest BCUT2D eigenvalue weighted by Gasteiger charge is -2.41. The summed E-state index contributed by atoms with van der Waals surface area (Å²) >= 11 is 0. The van der Waals surface area contributed by atoms with Crippen molar-refractivity contribution >= 4 is 23.4 Å². The lowest BCUT2D eigenvalue weighted by atomic mass is 9.62. The van der Waals surface area contributed by atoms with Crippen LogP contribution in [-0.4, -0.2) is 69.8 Å². The molecule has 4 rings (SSSR count). The summed E-state index contributed by atoms with van der Waals surface area (Å²) in [5.41, 5.74) is -2.13. The fourth-order valence-corrected chi connectivity index (χ4v) is 8.34. The van der Waals surface area contributed by atoms with E-state index >= 15 is 0 Å². The Balaban J connectivity index is 1.76. The number of carbonyl (C=O) groups excluding carboxylic acids is 3. The number of benzene rings is 1. The molecule has 9 nitrogen and oxygen atoms in total. The number of carbonyl (C=O) groups is 3. The normalized spacial score (nSPS) is 31.5. The van der Waals surface area contributed by atoms with Gasteiger partial charge in [0.1, 0.15) is 17.4 Å². The number of rotatable bonds is 11. The molecule has 8 atom stereocenters. The average Bonchev–Trinajstić information content (AvgIpc) is 3.40. The molecule has 0 radical (unpaired) electrons. The minimum absolute atomic E-state index is 0.0402. The summed E-state index contributed by atoms with van der Waals surface area (Å²) in [6, 6.07) is 5.59. The molecule has 2 bridgehead atoms. The maximum absolute atomic E-state index is 14.6. The zero-order valence-electron chi connectivity index (χ0n) is 27.7. The smallest absolute Gasteiger partial charge is 0.246 e. The Morgan fingerprint density at radius 3 is 2.30 bits per heavy atom. The van der Waals surface area contributed by atoms with Crippen molar-refractivity contribution in [1.82, 2.24) is 10.2 Å². The van der Waals surface area contributed by atoms with Crippen LogP contribution in [0, 0.1) is 29.1 Å². The molecule has 3 saturated heterocycles. The van der Waals surface area contributed by atoms with E-state index in [9.17, 15) is 19.5 Å². The maximum atomic E-state index is 14.6. The number of nitrogens with zero attached hydrogens (tertiary/aromatic N) is 1. The molecule has 1 spiro atoms. The molecule has 3 aliphatic heterocycles. The molecule has 3 fully saturated rings. The first-order valence-corrected chi connectivity index (χ1v) is 15.9. The minimum Gasteiger partial charge on any atom is -0.494 e. The van der Waals surface area contributed by atoms with E-state index in [0.717, 1.165) is 6.42 Å². The molecule has 1 aromatic rings. The second-order valence-electron chi connectivity index (χ2n) is 15.1. The van der Waals surface area contributed by atoms with Gasteiger partial charge in [0.25, 0.3) is 0 Å². The second-order valence-corrected chi connectivity index (χ2v) is 15.1. The number of aliphatic hydroxyl groups is 1. The topological polar surface area (TPSA) is 117 Å². The second kappa shape index (κ2) is 11.7. The van der Waals surface area contributed by atoms with Crippen LogP contribution in [0.5, 0.6) is 5.75 Å². The van der Waals surface area contributed by atoms with Gasteiger partial charge in [-0.15, -0.1) is 0 Å². The summed E-state index contributed by atoms with van der Waals surface area (Å²) < 4.78 is 12.4. The van der Waals surface area contributed by atoms with E-state index in [1.807, 2.05) is 48.5 Å². The van der Waals surface area contributed by atoms with Crippen LogP contribution in [0.15, 0.2) is 24.3 Å². The summed E-state index contributed by atoms with van der Waals surface area (Å²) in [4.78, 5) is 44.7. The van der Waals surface area contributed by atoms with Crippen molar-refractivity contribution in [2.45, 2.75) is 117 Å². The first kappa shape index (κ1) is 33.2. The van der Waals surface area contributed by atoms with Gasteiger partial charge in [0, 0.05) is 11.2 Å². The van der Waals surface area contributed by atoms with E-state index in [-0.39, 0.29) is 41.6 Å². The Hall–Kier alpha value is -2.65. The first-order chi connectivity index (χ1) is 19.9. The predicted octanol–water partition coefficient (Wildman–Crippen LogP) is 4.77. The fraction of sp³-hybridized carbons (Fsp3) is 0.735. The zero-order chi connectivity index (χ0) is 32.1. The molecule has 3 aliphatic rings. The highest BCUT2D eigenvalue weighted by atomic mass is 16.5. The lowest BCUT2D eigenvalue weighted by molar-refractivity contribution is -0.152. The number of likely N-dealkylation sites (tertiary alicyclic amines) is 1. The summed E-state index contributed by atoms with van der Waals surface area (Å²) in [5.74, 6) is -2.01. The Bertz CT molecular complexity index is 1210. The molecular formula is C34H53N3O6. The maximum Gasteiger partial charge on any atom is 0.246 e. The monoisotopic (exact) mass is 599 g/mol. The van der Waals surface area contributed by atoms with Gasteiger partial charge in [0.05, 0.1) is 36.7 Å². The summed E-state index contributed by atoms with van der Waals surface area (Å²) in [7, 11) is 0. The van der Waals surface area contributed by atoms with Gasteiger partial charge in [0.15, 0.2) is 0 Å². The highest BCUT2D eigenvalue weighted by Gasteiger charge is 2.80. The fourth-order valence-electron chi connectivity index (χ4n) is 8.34.